The van der Waals surface area contributed by atoms with E-state index < -0.39 is 10.2 Å². The first-order valence-electron chi connectivity index (χ1n) is 13.0. The second kappa shape index (κ2) is 13.9. The van der Waals surface area contributed by atoms with Crippen LogP contribution in [0.3, 0.4) is 0 Å². The van der Waals surface area contributed by atoms with Crippen molar-refractivity contribution in [3.8, 4) is 0 Å². The van der Waals surface area contributed by atoms with Gasteiger partial charge in [-0.15, -0.1) is 0 Å². The Morgan fingerprint density at radius 2 is 0.595 bits per heavy atom. The van der Waals surface area contributed by atoms with Crippen LogP contribution in [-0.2, 0) is 35.9 Å². The van der Waals surface area contributed by atoms with Crippen LogP contribution in [0.2, 0.25) is 0 Å². The molecule has 4 aromatic rings. The molecule has 192 valence electrons. The Hall–Kier alpha value is -3.25. The smallest absolute Gasteiger partial charge is 0.195 e. The van der Waals surface area contributed by atoms with Gasteiger partial charge >= 0.3 is 0 Å². The zero-order valence-electron chi connectivity index (χ0n) is 21.3. The van der Waals surface area contributed by atoms with Crippen molar-refractivity contribution in [1.29, 1.82) is 0 Å². The molecular formula is C32H36N2O2S. The fourth-order valence-electron chi connectivity index (χ4n) is 4.44. The van der Waals surface area contributed by atoms with Crippen molar-refractivity contribution in [2.24, 2.45) is 0 Å². The minimum atomic E-state index is -3.68. The minimum absolute atomic E-state index is 0.451. The van der Waals surface area contributed by atoms with Gasteiger partial charge in [0.15, 0.2) is 0 Å². The number of benzene rings is 4. The van der Waals surface area contributed by atoms with Crippen molar-refractivity contribution in [3.05, 3.63) is 144 Å². The van der Waals surface area contributed by atoms with Crippen LogP contribution >= 0.6 is 0 Å². The van der Waals surface area contributed by atoms with E-state index in [9.17, 15) is 8.42 Å². The average Bonchev–Trinajstić information content (AvgIpc) is 2.95. The predicted octanol–water partition coefficient (Wildman–Crippen LogP) is 5.81. The third-order valence-corrected chi connectivity index (χ3v) is 8.66. The van der Waals surface area contributed by atoms with Crippen LogP contribution in [0.25, 0.3) is 0 Å². The predicted molar refractivity (Wildman–Crippen MR) is 153 cm³/mol. The van der Waals surface area contributed by atoms with E-state index in [-0.39, 0.29) is 0 Å². The van der Waals surface area contributed by atoms with Gasteiger partial charge in [0.05, 0.1) is 0 Å². The summed E-state index contributed by atoms with van der Waals surface area (Å²) < 4.78 is 31.7. The number of hydrogen-bond acceptors (Lipinski definition) is 2. The Morgan fingerprint density at radius 3 is 0.811 bits per heavy atom. The zero-order chi connectivity index (χ0) is 25.8. The Labute approximate surface area is 222 Å². The standard InChI is InChI=1S/C32H36N2O2S/c35-37(36,33(25-21-29-13-5-1-6-14-29)26-22-30-15-7-2-8-16-30)34(27-23-31-17-9-3-10-18-31)28-24-32-19-11-4-12-20-32/h1-20H,21-28H2. The first-order chi connectivity index (χ1) is 18.1. The van der Waals surface area contributed by atoms with E-state index in [1.807, 2.05) is 72.8 Å². The van der Waals surface area contributed by atoms with Gasteiger partial charge in [-0.1, -0.05) is 121 Å². The molecule has 0 aromatic heterocycles. The quantitative estimate of drug-likeness (QED) is 0.214. The first kappa shape index (κ1) is 26.8. The Bertz CT molecular complexity index is 1100. The second-order valence-corrected chi connectivity index (χ2v) is 11.2. The monoisotopic (exact) mass is 512 g/mol. The van der Waals surface area contributed by atoms with Gasteiger partial charge in [0.1, 0.15) is 0 Å². The third-order valence-electron chi connectivity index (χ3n) is 6.62. The summed E-state index contributed by atoms with van der Waals surface area (Å²) in [7, 11) is -3.68. The lowest BCUT2D eigenvalue weighted by atomic mass is 10.1. The van der Waals surface area contributed by atoms with Crippen molar-refractivity contribution < 1.29 is 8.42 Å². The molecule has 37 heavy (non-hydrogen) atoms. The Morgan fingerprint density at radius 1 is 0.378 bits per heavy atom. The number of nitrogens with zero attached hydrogens (tertiary/aromatic N) is 2. The van der Waals surface area contributed by atoms with E-state index in [1.165, 1.54) is 0 Å². The van der Waals surface area contributed by atoms with Gasteiger partial charge in [-0.2, -0.15) is 17.0 Å². The van der Waals surface area contributed by atoms with E-state index in [0.29, 0.717) is 51.9 Å². The number of rotatable bonds is 14. The van der Waals surface area contributed by atoms with Crippen LogP contribution in [0.4, 0.5) is 0 Å². The Balaban J connectivity index is 1.54. The molecular weight excluding hydrogens is 476 g/mol. The van der Waals surface area contributed by atoms with Crippen molar-refractivity contribution in [2.75, 3.05) is 26.2 Å². The highest BCUT2D eigenvalue weighted by Crippen LogP contribution is 2.16. The first-order valence-corrected chi connectivity index (χ1v) is 14.4. The Kier molecular flexibility index (Phi) is 10.1. The van der Waals surface area contributed by atoms with Crippen molar-refractivity contribution >= 4 is 10.2 Å². The SMILES string of the molecule is O=S(=O)(N(CCc1ccccc1)CCc1ccccc1)N(CCc1ccccc1)CCc1ccccc1. The fourth-order valence-corrected chi connectivity index (χ4v) is 6.06. The van der Waals surface area contributed by atoms with Crippen LogP contribution in [0.1, 0.15) is 22.3 Å². The maximum atomic E-state index is 14.2. The van der Waals surface area contributed by atoms with E-state index in [0.717, 1.165) is 22.3 Å². The average molecular weight is 513 g/mol. The topological polar surface area (TPSA) is 40.6 Å². The van der Waals surface area contributed by atoms with E-state index >= 15 is 0 Å². The third kappa shape index (κ3) is 8.39. The highest BCUT2D eigenvalue weighted by atomic mass is 32.2. The molecule has 0 N–H and O–H groups in total. The molecule has 0 radical (unpaired) electrons. The molecule has 0 fully saturated rings. The molecule has 0 aliphatic carbocycles. The molecule has 0 amide bonds. The van der Waals surface area contributed by atoms with E-state index in [2.05, 4.69) is 48.5 Å². The van der Waals surface area contributed by atoms with Crippen molar-refractivity contribution in [2.45, 2.75) is 25.7 Å². The van der Waals surface area contributed by atoms with Crippen LogP contribution in [0.15, 0.2) is 121 Å². The highest BCUT2D eigenvalue weighted by Gasteiger charge is 2.29. The summed E-state index contributed by atoms with van der Waals surface area (Å²) in [5.41, 5.74) is 4.56. The molecule has 4 rings (SSSR count). The molecule has 0 unspecified atom stereocenters. The van der Waals surface area contributed by atoms with Crippen molar-refractivity contribution in [1.82, 2.24) is 8.61 Å². The number of hydrogen-bond donors (Lipinski definition) is 0. The van der Waals surface area contributed by atoms with Gasteiger partial charge in [0.2, 0.25) is 0 Å². The molecule has 4 nitrogen and oxygen atoms in total. The van der Waals surface area contributed by atoms with E-state index in [1.54, 1.807) is 8.61 Å². The van der Waals surface area contributed by atoms with Gasteiger partial charge in [0, 0.05) is 26.2 Å². The van der Waals surface area contributed by atoms with Crippen LogP contribution in [0.5, 0.6) is 0 Å². The second-order valence-electron chi connectivity index (χ2n) is 9.25. The van der Waals surface area contributed by atoms with Crippen molar-refractivity contribution in [3.63, 3.8) is 0 Å². The van der Waals surface area contributed by atoms with Crippen LogP contribution in [-0.4, -0.2) is 43.2 Å². The molecule has 0 spiro atoms. The van der Waals surface area contributed by atoms with Gasteiger partial charge < -0.3 is 0 Å². The molecule has 0 heterocycles. The van der Waals surface area contributed by atoms with Gasteiger partial charge in [-0.3, -0.25) is 0 Å². The summed E-state index contributed by atoms with van der Waals surface area (Å²) >= 11 is 0. The minimum Gasteiger partial charge on any atom is -0.195 e. The van der Waals surface area contributed by atoms with Gasteiger partial charge in [-0.25, -0.2) is 0 Å². The summed E-state index contributed by atoms with van der Waals surface area (Å²) in [6.45, 7) is 1.80. The molecule has 4 aromatic carbocycles. The van der Waals surface area contributed by atoms with Gasteiger partial charge in [-0.05, 0) is 47.9 Å². The summed E-state index contributed by atoms with van der Waals surface area (Å²) in [6.07, 6.45) is 2.72. The summed E-state index contributed by atoms with van der Waals surface area (Å²) in [5, 5.41) is 0. The van der Waals surface area contributed by atoms with E-state index in [4.69, 9.17) is 0 Å². The zero-order valence-corrected chi connectivity index (χ0v) is 22.1. The van der Waals surface area contributed by atoms with Crippen LogP contribution < -0.4 is 0 Å². The molecule has 0 saturated heterocycles. The normalized spacial score (nSPS) is 11.7. The molecule has 0 saturated carbocycles. The van der Waals surface area contributed by atoms with Gasteiger partial charge in [0.25, 0.3) is 10.2 Å². The molecule has 0 aliphatic rings. The fraction of sp³-hybridized carbons (Fsp3) is 0.250. The summed E-state index contributed by atoms with van der Waals surface area (Å²) in [5.74, 6) is 0. The summed E-state index contributed by atoms with van der Waals surface area (Å²) in [4.78, 5) is 0. The van der Waals surface area contributed by atoms with Crippen LogP contribution in [0, 0.1) is 0 Å². The lowest BCUT2D eigenvalue weighted by Crippen LogP contribution is -2.47. The molecule has 0 atom stereocenters. The molecule has 5 heteroatoms. The molecule has 0 bridgehead atoms. The maximum absolute atomic E-state index is 14.2. The molecule has 0 aliphatic heterocycles. The highest BCUT2D eigenvalue weighted by molar-refractivity contribution is 7.86. The largest absolute Gasteiger partial charge is 0.282 e. The lowest BCUT2D eigenvalue weighted by molar-refractivity contribution is 0.340. The maximum Gasteiger partial charge on any atom is 0.282 e. The summed E-state index contributed by atoms with van der Waals surface area (Å²) in [6, 6.07) is 40.5. The lowest BCUT2D eigenvalue weighted by Gasteiger charge is -2.30.